The summed E-state index contributed by atoms with van der Waals surface area (Å²) in [7, 11) is -2.02. The maximum Gasteiger partial charge on any atom is 0.409 e. The van der Waals surface area contributed by atoms with E-state index in [-0.39, 0.29) is 23.3 Å². The molecule has 6 nitrogen and oxygen atoms in total. The Kier molecular flexibility index (Phi) is 5.59. The van der Waals surface area contributed by atoms with Crippen molar-refractivity contribution >= 4 is 16.1 Å². The van der Waals surface area contributed by atoms with E-state index in [9.17, 15) is 13.2 Å². The molecule has 1 aliphatic carbocycles. The van der Waals surface area contributed by atoms with Crippen LogP contribution in [0.4, 0.5) is 4.79 Å². The molecule has 1 amide bonds. The Balaban J connectivity index is 1.66. The number of sulfonamides is 1. The topological polar surface area (TPSA) is 75.7 Å². The maximum atomic E-state index is 12.5. The van der Waals surface area contributed by atoms with E-state index >= 15 is 0 Å². The lowest BCUT2D eigenvalue weighted by Crippen LogP contribution is -2.50. The second-order valence-electron chi connectivity index (χ2n) is 8.30. The van der Waals surface area contributed by atoms with Gasteiger partial charge in [0.2, 0.25) is 10.0 Å². The molecule has 1 aliphatic heterocycles. The van der Waals surface area contributed by atoms with E-state index in [4.69, 9.17) is 4.74 Å². The van der Waals surface area contributed by atoms with Gasteiger partial charge < -0.3 is 9.64 Å². The zero-order chi connectivity index (χ0) is 21.4. The first-order valence-electron chi connectivity index (χ1n) is 10.4. The molecule has 2 fully saturated rings. The van der Waals surface area contributed by atoms with Gasteiger partial charge in [-0.25, -0.2) is 17.9 Å². The van der Waals surface area contributed by atoms with E-state index < -0.39 is 16.1 Å². The Hall–Kier alpha value is -2.38. The van der Waals surface area contributed by atoms with Crippen molar-refractivity contribution in [1.29, 1.82) is 0 Å². The molecule has 2 aromatic rings. The lowest BCUT2D eigenvalue weighted by molar-refractivity contribution is 0.116. The van der Waals surface area contributed by atoms with Gasteiger partial charge in [-0.1, -0.05) is 54.6 Å². The summed E-state index contributed by atoms with van der Waals surface area (Å²) in [4.78, 5) is 14.2. The summed E-state index contributed by atoms with van der Waals surface area (Å²) in [5.41, 5.74) is 3.10. The molecule has 0 radical (unpaired) electrons. The summed E-state index contributed by atoms with van der Waals surface area (Å²) >= 11 is 0. The van der Waals surface area contributed by atoms with Gasteiger partial charge in [0.05, 0.1) is 18.9 Å². The molecule has 1 heterocycles. The molecule has 1 saturated carbocycles. The Morgan fingerprint density at radius 3 is 2.47 bits per heavy atom. The molecule has 7 heteroatoms. The molecule has 2 atom stereocenters. The van der Waals surface area contributed by atoms with Crippen LogP contribution < -0.4 is 4.72 Å². The van der Waals surface area contributed by atoms with Gasteiger partial charge in [-0.05, 0) is 42.9 Å². The number of rotatable bonds is 6. The van der Waals surface area contributed by atoms with Crippen molar-refractivity contribution < 1.29 is 17.9 Å². The third kappa shape index (κ3) is 4.09. The smallest absolute Gasteiger partial charge is 0.409 e. The monoisotopic (exact) mass is 428 g/mol. The minimum atomic E-state index is -3.39. The van der Waals surface area contributed by atoms with Crippen LogP contribution in [0.3, 0.4) is 0 Å². The van der Waals surface area contributed by atoms with E-state index in [2.05, 4.69) is 29.0 Å². The molecule has 1 saturated heterocycles. The second kappa shape index (κ2) is 8.04. The standard InChI is InChI=1S/C23H28N2O4S/c1-3-30(27,28)24-21-20(25(22(26)29-2)16-23(21)12-13-23)15-17-8-7-11-19(14-17)18-9-5-4-6-10-18/h4-11,14,20-21,24H,3,12-13,15-16H2,1-2H3. The molecular weight excluding hydrogens is 400 g/mol. The Morgan fingerprint density at radius 1 is 1.13 bits per heavy atom. The summed E-state index contributed by atoms with van der Waals surface area (Å²) < 4.78 is 32.8. The highest BCUT2D eigenvalue weighted by Crippen LogP contribution is 2.55. The fourth-order valence-electron chi connectivity index (χ4n) is 4.55. The van der Waals surface area contributed by atoms with Gasteiger partial charge in [0, 0.05) is 18.0 Å². The Morgan fingerprint density at radius 2 is 1.83 bits per heavy atom. The van der Waals surface area contributed by atoms with Crippen LogP contribution in [-0.2, 0) is 21.2 Å². The number of methoxy groups -OCH3 is 1. The number of amides is 1. The van der Waals surface area contributed by atoms with E-state index in [1.165, 1.54) is 7.11 Å². The number of ether oxygens (including phenoxy) is 1. The fraction of sp³-hybridized carbons (Fsp3) is 0.435. The van der Waals surface area contributed by atoms with Gasteiger partial charge in [0.15, 0.2) is 0 Å². The van der Waals surface area contributed by atoms with Crippen LogP contribution in [0.25, 0.3) is 11.1 Å². The van der Waals surface area contributed by atoms with Crippen LogP contribution in [0.2, 0.25) is 0 Å². The molecule has 4 rings (SSSR count). The predicted molar refractivity (Wildman–Crippen MR) is 117 cm³/mol. The highest BCUT2D eigenvalue weighted by Gasteiger charge is 2.61. The van der Waals surface area contributed by atoms with Gasteiger partial charge in [-0.15, -0.1) is 0 Å². The van der Waals surface area contributed by atoms with Crippen LogP contribution >= 0.6 is 0 Å². The molecule has 1 N–H and O–H groups in total. The number of hydrogen-bond acceptors (Lipinski definition) is 4. The van der Waals surface area contributed by atoms with Crippen LogP contribution in [0.1, 0.15) is 25.3 Å². The van der Waals surface area contributed by atoms with Crippen LogP contribution in [0, 0.1) is 5.41 Å². The second-order valence-corrected chi connectivity index (χ2v) is 10.3. The molecule has 0 aromatic heterocycles. The fourth-order valence-corrected chi connectivity index (χ4v) is 5.51. The van der Waals surface area contributed by atoms with E-state index in [0.717, 1.165) is 29.5 Å². The van der Waals surface area contributed by atoms with Crippen molar-refractivity contribution in [2.75, 3.05) is 19.4 Å². The summed E-state index contributed by atoms with van der Waals surface area (Å²) in [5.74, 6) is 0.0218. The quantitative estimate of drug-likeness (QED) is 0.765. The molecule has 30 heavy (non-hydrogen) atoms. The largest absolute Gasteiger partial charge is 0.453 e. The van der Waals surface area contributed by atoms with Crippen molar-refractivity contribution in [3.05, 3.63) is 60.2 Å². The van der Waals surface area contributed by atoms with E-state index in [0.29, 0.717) is 13.0 Å². The van der Waals surface area contributed by atoms with Crippen molar-refractivity contribution in [1.82, 2.24) is 9.62 Å². The molecule has 160 valence electrons. The van der Waals surface area contributed by atoms with E-state index in [1.54, 1.807) is 11.8 Å². The molecule has 2 aromatic carbocycles. The minimum absolute atomic E-state index is 0.0218. The Bertz CT molecular complexity index is 1020. The summed E-state index contributed by atoms with van der Waals surface area (Å²) in [6.45, 7) is 2.16. The van der Waals surface area contributed by atoms with Gasteiger partial charge in [-0.2, -0.15) is 0 Å². The highest BCUT2D eigenvalue weighted by molar-refractivity contribution is 7.89. The number of nitrogens with zero attached hydrogens (tertiary/aromatic N) is 1. The molecule has 1 spiro atoms. The third-order valence-corrected chi connectivity index (χ3v) is 7.77. The molecule has 2 unspecified atom stereocenters. The molecular formula is C23H28N2O4S. The predicted octanol–water partition coefficient (Wildman–Crippen LogP) is 3.43. The third-order valence-electron chi connectivity index (χ3n) is 6.40. The summed E-state index contributed by atoms with van der Waals surface area (Å²) in [6.07, 6.45) is 1.99. The normalized spacial score (nSPS) is 22.3. The zero-order valence-electron chi connectivity index (χ0n) is 17.4. The van der Waals surface area contributed by atoms with Gasteiger partial charge in [0.1, 0.15) is 0 Å². The van der Waals surface area contributed by atoms with Gasteiger partial charge in [0.25, 0.3) is 0 Å². The highest BCUT2D eigenvalue weighted by atomic mass is 32.2. The van der Waals surface area contributed by atoms with Crippen molar-refractivity contribution in [3.8, 4) is 11.1 Å². The molecule has 0 bridgehead atoms. The van der Waals surface area contributed by atoms with Crippen LogP contribution in [0.5, 0.6) is 0 Å². The minimum Gasteiger partial charge on any atom is -0.453 e. The average molecular weight is 429 g/mol. The Labute approximate surface area is 178 Å². The number of hydrogen-bond donors (Lipinski definition) is 1. The average Bonchev–Trinajstić information content (AvgIpc) is 3.49. The number of nitrogens with one attached hydrogen (secondary N) is 1. The van der Waals surface area contributed by atoms with Crippen LogP contribution in [-0.4, -0.2) is 50.9 Å². The zero-order valence-corrected chi connectivity index (χ0v) is 18.2. The van der Waals surface area contributed by atoms with Crippen molar-refractivity contribution in [3.63, 3.8) is 0 Å². The van der Waals surface area contributed by atoms with Crippen molar-refractivity contribution in [2.24, 2.45) is 5.41 Å². The van der Waals surface area contributed by atoms with Crippen LogP contribution in [0.15, 0.2) is 54.6 Å². The number of likely N-dealkylation sites (tertiary alicyclic amines) is 1. The van der Waals surface area contributed by atoms with Crippen molar-refractivity contribution in [2.45, 2.75) is 38.3 Å². The number of carbonyl (C=O) groups is 1. The lowest BCUT2D eigenvalue weighted by Gasteiger charge is -2.28. The van der Waals surface area contributed by atoms with Gasteiger partial charge in [-0.3, -0.25) is 0 Å². The SMILES string of the molecule is CCS(=O)(=O)NC1C(Cc2cccc(-c3ccccc3)c2)N(C(=O)OC)CC12CC2. The maximum absolute atomic E-state index is 12.5. The first kappa shape index (κ1) is 20.9. The lowest BCUT2D eigenvalue weighted by atomic mass is 9.92. The first-order valence-corrected chi connectivity index (χ1v) is 12.0. The number of carbonyl (C=O) groups excluding carboxylic acids is 1. The van der Waals surface area contributed by atoms with Gasteiger partial charge >= 0.3 is 6.09 Å². The first-order chi connectivity index (χ1) is 14.4. The molecule has 2 aliphatic rings. The number of benzene rings is 2. The van der Waals surface area contributed by atoms with E-state index in [1.807, 2.05) is 30.3 Å². The summed E-state index contributed by atoms with van der Waals surface area (Å²) in [6, 6.07) is 17.8. The summed E-state index contributed by atoms with van der Waals surface area (Å²) in [5, 5.41) is 0.